The highest BCUT2D eigenvalue weighted by molar-refractivity contribution is 5.45. The minimum absolute atomic E-state index is 0.433. The molecule has 4 aliphatic rings. The highest BCUT2D eigenvalue weighted by Crippen LogP contribution is 2.42. The number of aryl methyl sites for hydroxylation is 2. The summed E-state index contributed by atoms with van der Waals surface area (Å²) in [6.07, 6.45) is 6.25. The largest absolute Gasteiger partial charge is 0.496 e. The summed E-state index contributed by atoms with van der Waals surface area (Å²) in [6, 6.07) is 28.1. The van der Waals surface area contributed by atoms with Crippen LogP contribution in [0.15, 0.2) is 72.8 Å². The first-order chi connectivity index (χ1) is 16.8. The second-order valence-electron chi connectivity index (χ2n) is 10.4. The highest BCUT2D eigenvalue weighted by Gasteiger charge is 2.43. The normalized spacial score (nSPS) is 25.5. The predicted molar refractivity (Wildman–Crippen MR) is 138 cm³/mol. The van der Waals surface area contributed by atoms with Gasteiger partial charge in [0.2, 0.25) is 0 Å². The second-order valence-corrected chi connectivity index (χ2v) is 10.4. The molecule has 0 saturated carbocycles. The Morgan fingerprint density at radius 3 is 2.24 bits per heavy atom. The van der Waals surface area contributed by atoms with E-state index in [0.717, 1.165) is 24.8 Å². The summed E-state index contributed by atoms with van der Waals surface area (Å²) in [4.78, 5) is 2.77. The SMILES string of the molecule is COc1cc2c(cc1CNC1CN3CCC1CC3C(c1ccccc1)c1ccccc1)CCC2. The monoisotopic (exact) mass is 452 g/mol. The number of nitrogens with one attached hydrogen (secondary N) is 1. The van der Waals surface area contributed by atoms with Crippen molar-refractivity contribution < 1.29 is 4.74 Å². The van der Waals surface area contributed by atoms with E-state index in [1.807, 2.05) is 7.11 Å². The molecular weight excluding hydrogens is 416 g/mol. The molecule has 3 saturated heterocycles. The summed E-state index contributed by atoms with van der Waals surface area (Å²) in [7, 11) is 1.81. The average Bonchev–Trinajstić information content (AvgIpc) is 3.36. The molecule has 3 aromatic carbocycles. The number of methoxy groups -OCH3 is 1. The zero-order valence-electron chi connectivity index (χ0n) is 20.2. The summed E-state index contributed by atoms with van der Waals surface area (Å²) in [5, 5.41) is 3.95. The zero-order valence-corrected chi connectivity index (χ0v) is 20.2. The Bertz CT molecular complexity index is 1070. The van der Waals surface area contributed by atoms with Crippen molar-refractivity contribution in [2.75, 3.05) is 20.2 Å². The first-order valence-corrected chi connectivity index (χ1v) is 13.1. The third-order valence-electron chi connectivity index (χ3n) is 8.55. The standard InChI is InChI=1S/C31H36N2O/c1-34-30-19-25-14-8-13-24(25)17-27(30)20-32-28-21-33-16-15-26(28)18-29(33)31(22-9-4-2-5-10-22)23-11-6-3-7-12-23/h2-7,9-12,17,19,26,28-29,31-32H,8,13-16,18,20-21H2,1H3. The van der Waals surface area contributed by atoms with Crippen LogP contribution in [0.3, 0.4) is 0 Å². The molecule has 3 heterocycles. The van der Waals surface area contributed by atoms with Gasteiger partial charge in [0.15, 0.2) is 0 Å². The Labute approximate surface area is 204 Å². The first kappa shape index (κ1) is 21.9. The van der Waals surface area contributed by atoms with Crippen LogP contribution in [-0.2, 0) is 19.4 Å². The lowest BCUT2D eigenvalue weighted by Crippen LogP contribution is -2.61. The van der Waals surface area contributed by atoms with Gasteiger partial charge < -0.3 is 10.1 Å². The van der Waals surface area contributed by atoms with Gasteiger partial charge in [-0.05, 0) is 72.9 Å². The van der Waals surface area contributed by atoms with Crippen LogP contribution in [0, 0.1) is 5.92 Å². The summed E-state index contributed by atoms with van der Waals surface area (Å²) >= 11 is 0. The Hall–Kier alpha value is -2.62. The summed E-state index contributed by atoms with van der Waals surface area (Å²) in [5.41, 5.74) is 7.22. The summed E-state index contributed by atoms with van der Waals surface area (Å²) in [6.45, 7) is 3.25. The van der Waals surface area contributed by atoms with Gasteiger partial charge in [-0.3, -0.25) is 4.90 Å². The van der Waals surface area contributed by atoms with Crippen LogP contribution in [0.5, 0.6) is 5.75 Å². The van der Waals surface area contributed by atoms with E-state index in [-0.39, 0.29) is 0 Å². The molecule has 7 rings (SSSR count). The van der Waals surface area contributed by atoms with Gasteiger partial charge in [-0.1, -0.05) is 66.7 Å². The number of rotatable bonds is 7. The minimum atomic E-state index is 0.433. The number of benzene rings is 3. The topological polar surface area (TPSA) is 24.5 Å². The van der Waals surface area contributed by atoms with Crippen molar-refractivity contribution in [1.82, 2.24) is 10.2 Å². The Kier molecular flexibility index (Phi) is 6.15. The summed E-state index contributed by atoms with van der Waals surface area (Å²) < 4.78 is 5.77. The average molecular weight is 453 g/mol. The van der Waals surface area contributed by atoms with E-state index in [4.69, 9.17) is 4.74 Å². The third-order valence-corrected chi connectivity index (χ3v) is 8.55. The van der Waals surface area contributed by atoms with Gasteiger partial charge >= 0.3 is 0 Å². The van der Waals surface area contributed by atoms with Crippen molar-refractivity contribution >= 4 is 0 Å². The summed E-state index contributed by atoms with van der Waals surface area (Å²) in [5.74, 6) is 2.22. The quantitative estimate of drug-likeness (QED) is 0.507. The van der Waals surface area contributed by atoms with Crippen LogP contribution >= 0.6 is 0 Å². The van der Waals surface area contributed by atoms with E-state index in [2.05, 4.69) is 83.0 Å². The Morgan fingerprint density at radius 2 is 1.62 bits per heavy atom. The lowest BCUT2D eigenvalue weighted by atomic mass is 9.72. The maximum atomic E-state index is 5.77. The van der Waals surface area contributed by atoms with E-state index in [1.165, 1.54) is 66.5 Å². The molecule has 3 aromatic rings. The van der Waals surface area contributed by atoms with Gasteiger partial charge in [-0.25, -0.2) is 0 Å². The molecule has 1 N–H and O–H groups in total. The van der Waals surface area contributed by atoms with Gasteiger partial charge in [0.1, 0.15) is 5.75 Å². The number of nitrogens with zero attached hydrogens (tertiary/aromatic N) is 1. The van der Waals surface area contributed by atoms with Crippen molar-refractivity contribution in [2.45, 2.75) is 56.7 Å². The van der Waals surface area contributed by atoms with Gasteiger partial charge in [0.05, 0.1) is 7.11 Å². The van der Waals surface area contributed by atoms with Gasteiger partial charge in [-0.2, -0.15) is 0 Å². The van der Waals surface area contributed by atoms with Crippen LogP contribution in [0.25, 0.3) is 0 Å². The van der Waals surface area contributed by atoms with Crippen LogP contribution < -0.4 is 10.1 Å². The fraction of sp³-hybridized carbons (Fsp3) is 0.419. The molecule has 3 heteroatoms. The Morgan fingerprint density at radius 1 is 0.941 bits per heavy atom. The number of hydrogen-bond donors (Lipinski definition) is 1. The van der Waals surface area contributed by atoms with Crippen molar-refractivity contribution in [3.63, 3.8) is 0 Å². The maximum Gasteiger partial charge on any atom is 0.123 e. The van der Waals surface area contributed by atoms with E-state index in [0.29, 0.717) is 18.0 Å². The molecule has 34 heavy (non-hydrogen) atoms. The van der Waals surface area contributed by atoms with Gasteiger partial charge in [0, 0.05) is 36.7 Å². The van der Waals surface area contributed by atoms with Crippen LogP contribution in [0.2, 0.25) is 0 Å². The van der Waals surface area contributed by atoms with Crippen LogP contribution in [0.1, 0.15) is 53.0 Å². The molecule has 3 fully saturated rings. The molecular formula is C31H36N2O. The van der Waals surface area contributed by atoms with Crippen molar-refractivity contribution in [3.8, 4) is 5.75 Å². The van der Waals surface area contributed by atoms with Gasteiger partial charge in [0.25, 0.3) is 0 Å². The Balaban J connectivity index is 1.19. The van der Waals surface area contributed by atoms with E-state index in [1.54, 1.807) is 0 Å². The second kappa shape index (κ2) is 9.56. The molecule has 3 nitrogen and oxygen atoms in total. The molecule has 0 aromatic heterocycles. The van der Waals surface area contributed by atoms with Crippen molar-refractivity contribution in [1.29, 1.82) is 0 Å². The smallest absolute Gasteiger partial charge is 0.123 e. The molecule has 4 unspecified atom stereocenters. The molecule has 4 atom stereocenters. The number of piperidine rings is 3. The number of fused-ring (bicyclic) bond motifs is 4. The minimum Gasteiger partial charge on any atom is -0.496 e. The molecule has 0 spiro atoms. The highest BCUT2D eigenvalue weighted by atomic mass is 16.5. The van der Waals surface area contributed by atoms with E-state index >= 15 is 0 Å². The molecule has 176 valence electrons. The maximum absolute atomic E-state index is 5.77. The first-order valence-electron chi connectivity index (χ1n) is 13.1. The lowest BCUT2D eigenvalue weighted by molar-refractivity contribution is 0.0125. The number of ether oxygens (including phenoxy) is 1. The van der Waals surface area contributed by atoms with Crippen molar-refractivity contribution in [2.24, 2.45) is 5.92 Å². The molecule has 3 aliphatic heterocycles. The zero-order chi connectivity index (χ0) is 22.9. The molecule has 0 amide bonds. The van der Waals surface area contributed by atoms with Crippen LogP contribution in [-0.4, -0.2) is 37.2 Å². The third kappa shape index (κ3) is 4.16. The molecule has 2 bridgehead atoms. The number of hydrogen-bond acceptors (Lipinski definition) is 3. The van der Waals surface area contributed by atoms with Gasteiger partial charge in [-0.15, -0.1) is 0 Å². The van der Waals surface area contributed by atoms with E-state index < -0.39 is 0 Å². The molecule has 1 aliphatic carbocycles. The fourth-order valence-electron chi connectivity index (χ4n) is 6.83. The van der Waals surface area contributed by atoms with Crippen molar-refractivity contribution in [3.05, 3.63) is 101 Å². The lowest BCUT2D eigenvalue weighted by Gasteiger charge is -2.52. The fourth-order valence-corrected chi connectivity index (χ4v) is 6.83. The molecule has 0 radical (unpaired) electrons. The van der Waals surface area contributed by atoms with Crippen LogP contribution in [0.4, 0.5) is 0 Å². The van der Waals surface area contributed by atoms with E-state index in [9.17, 15) is 0 Å². The predicted octanol–water partition coefficient (Wildman–Crippen LogP) is 5.57.